The zero-order valence-electron chi connectivity index (χ0n) is 11.1. The van der Waals surface area contributed by atoms with Gasteiger partial charge in [-0.1, -0.05) is 65.3 Å². The fourth-order valence-corrected chi connectivity index (χ4v) is 3.49. The molecule has 0 aliphatic heterocycles. The van der Waals surface area contributed by atoms with Crippen LogP contribution in [0.5, 0.6) is 0 Å². The molecule has 1 unspecified atom stereocenters. The number of halogens is 1. The topological polar surface area (TPSA) is 0 Å². The summed E-state index contributed by atoms with van der Waals surface area (Å²) >= 11 is 0. The van der Waals surface area contributed by atoms with Crippen molar-refractivity contribution in [3.8, 4) is 0 Å². The minimum absolute atomic E-state index is 0. The molecular formula is C15H24ClP. The second-order valence-electron chi connectivity index (χ2n) is 3.98. The molecule has 0 N–H and O–H groups in total. The van der Waals surface area contributed by atoms with Crippen LogP contribution in [0.3, 0.4) is 0 Å². The molecule has 0 bridgehead atoms. The molecule has 0 spiro atoms. The first-order chi connectivity index (χ1) is 7.81. The Hall–Kier alpha value is -0.320. The molecule has 17 heavy (non-hydrogen) atoms. The maximum atomic E-state index is 2.29. The summed E-state index contributed by atoms with van der Waals surface area (Å²) < 4.78 is 0. The number of allylic oxidation sites excluding steroid dienone is 2. The Morgan fingerprint density at radius 3 is 2.00 bits per heavy atom. The van der Waals surface area contributed by atoms with E-state index in [-0.39, 0.29) is 12.4 Å². The lowest BCUT2D eigenvalue weighted by Gasteiger charge is -2.11. The van der Waals surface area contributed by atoms with Crippen molar-refractivity contribution < 1.29 is 0 Å². The van der Waals surface area contributed by atoms with Gasteiger partial charge in [-0.15, -0.1) is 12.4 Å². The number of hydrogen-bond acceptors (Lipinski definition) is 0. The maximum Gasteiger partial charge on any atom is -0.00633 e. The van der Waals surface area contributed by atoms with Crippen LogP contribution in [0.2, 0.25) is 0 Å². The van der Waals surface area contributed by atoms with Crippen LogP contribution in [0.15, 0.2) is 41.2 Å². The van der Waals surface area contributed by atoms with Gasteiger partial charge in [0.05, 0.1) is 0 Å². The zero-order valence-corrected chi connectivity index (χ0v) is 12.9. The van der Waals surface area contributed by atoms with Gasteiger partial charge in [-0.2, -0.15) is 0 Å². The van der Waals surface area contributed by atoms with Gasteiger partial charge in [0.1, 0.15) is 0 Å². The van der Waals surface area contributed by atoms with E-state index < -0.39 is 0 Å². The molecule has 0 radical (unpaired) electrons. The number of rotatable bonds is 6. The summed E-state index contributed by atoms with van der Waals surface area (Å²) in [5.74, 6) is 0. The Kier molecular flexibility index (Phi) is 9.50. The van der Waals surface area contributed by atoms with Crippen LogP contribution >= 0.6 is 21.0 Å². The van der Waals surface area contributed by atoms with E-state index in [1.165, 1.54) is 31.0 Å². The van der Waals surface area contributed by atoms with Crippen molar-refractivity contribution in [2.24, 2.45) is 0 Å². The molecule has 0 aliphatic carbocycles. The molecular weight excluding hydrogens is 247 g/mol. The zero-order chi connectivity index (χ0) is 11.8. The minimum atomic E-state index is 0. The fraction of sp³-hybridized carbons (Fsp3) is 0.467. The molecule has 0 fully saturated rings. The van der Waals surface area contributed by atoms with Gasteiger partial charge in [0.2, 0.25) is 0 Å². The first-order valence-electron chi connectivity index (χ1n) is 6.30. The quantitative estimate of drug-likeness (QED) is 0.576. The van der Waals surface area contributed by atoms with E-state index in [0.717, 1.165) is 8.58 Å². The average Bonchev–Trinajstić information content (AvgIpc) is 2.35. The van der Waals surface area contributed by atoms with Crippen LogP contribution in [0.25, 0.3) is 0 Å². The van der Waals surface area contributed by atoms with E-state index in [1.807, 2.05) is 0 Å². The summed E-state index contributed by atoms with van der Waals surface area (Å²) in [6.07, 6.45) is 4.89. The van der Waals surface area contributed by atoms with Crippen LogP contribution in [0.4, 0.5) is 0 Å². The van der Waals surface area contributed by atoms with Gasteiger partial charge in [-0.25, -0.2) is 0 Å². The van der Waals surface area contributed by atoms with Crippen molar-refractivity contribution >= 4 is 21.0 Å². The summed E-state index contributed by atoms with van der Waals surface area (Å²) in [7, 11) is 0.974. The molecule has 0 saturated heterocycles. The van der Waals surface area contributed by atoms with Crippen LogP contribution < -0.4 is 0 Å². The third kappa shape index (κ3) is 5.70. The van der Waals surface area contributed by atoms with Crippen molar-refractivity contribution in [3.63, 3.8) is 0 Å². The number of hydrogen-bond donors (Lipinski definition) is 0. The van der Waals surface area contributed by atoms with Gasteiger partial charge in [-0.05, 0) is 36.3 Å². The summed E-state index contributed by atoms with van der Waals surface area (Å²) in [5, 5.41) is 1.70. The van der Waals surface area contributed by atoms with Crippen molar-refractivity contribution in [1.82, 2.24) is 0 Å². The molecule has 1 aromatic carbocycles. The van der Waals surface area contributed by atoms with E-state index in [2.05, 4.69) is 51.1 Å². The Bertz CT molecular complexity index is 324. The monoisotopic (exact) mass is 270 g/mol. The second-order valence-corrected chi connectivity index (χ2v) is 5.29. The lowest BCUT2D eigenvalue weighted by molar-refractivity contribution is 0.945. The minimum Gasteiger partial charge on any atom is -0.147 e. The summed E-state index contributed by atoms with van der Waals surface area (Å²) in [4.78, 5) is 0. The molecule has 0 saturated carbocycles. The molecule has 0 nitrogen and oxygen atoms in total. The lowest BCUT2D eigenvalue weighted by atomic mass is 10.1. The van der Waals surface area contributed by atoms with Gasteiger partial charge in [0, 0.05) is 0 Å². The molecule has 1 rings (SSSR count). The largest absolute Gasteiger partial charge is 0.147 e. The van der Waals surface area contributed by atoms with Crippen LogP contribution in [0.1, 0.15) is 45.6 Å². The van der Waals surface area contributed by atoms with E-state index >= 15 is 0 Å². The lowest BCUT2D eigenvalue weighted by Crippen LogP contribution is -1.86. The normalized spacial score (nSPS) is 10.3. The average molecular weight is 271 g/mol. The SMILES string of the molecule is CCC(CC)=C(CC)PCc1ccccc1.Cl. The Morgan fingerprint density at radius 2 is 1.53 bits per heavy atom. The molecule has 96 valence electrons. The van der Waals surface area contributed by atoms with E-state index in [4.69, 9.17) is 0 Å². The second kappa shape index (κ2) is 9.68. The highest BCUT2D eigenvalue weighted by atomic mass is 35.5. The molecule has 0 aromatic heterocycles. The first-order valence-corrected chi connectivity index (χ1v) is 7.51. The predicted octanol–water partition coefficient (Wildman–Crippen LogP) is 5.77. The smallest absolute Gasteiger partial charge is 0.00633 e. The molecule has 0 amide bonds. The van der Waals surface area contributed by atoms with Crippen molar-refractivity contribution in [2.45, 2.75) is 46.2 Å². The van der Waals surface area contributed by atoms with Crippen LogP contribution in [-0.4, -0.2) is 0 Å². The van der Waals surface area contributed by atoms with Gasteiger partial charge in [0.15, 0.2) is 0 Å². The molecule has 0 aliphatic rings. The van der Waals surface area contributed by atoms with E-state index in [9.17, 15) is 0 Å². The Morgan fingerprint density at radius 1 is 0.941 bits per heavy atom. The number of benzene rings is 1. The summed E-state index contributed by atoms with van der Waals surface area (Å²) in [6, 6.07) is 10.8. The van der Waals surface area contributed by atoms with Crippen LogP contribution in [-0.2, 0) is 6.16 Å². The van der Waals surface area contributed by atoms with Gasteiger partial charge in [0.25, 0.3) is 0 Å². The highest BCUT2D eigenvalue weighted by Crippen LogP contribution is 2.35. The molecule has 1 aromatic rings. The van der Waals surface area contributed by atoms with Crippen molar-refractivity contribution in [2.75, 3.05) is 0 Å². The molecule has 0 heterocycles. The third-order valence-electron chi connectivity index (χ3n) is 2.98. The third-order valence-corrected chi connectivity index (χ3v) is 4.70. The van der Waals surface area contributed by atoms with E-state index in [1.54, 1.807) is 10.9 Å². The predicted molar refractivity (Wildman–Crippen MR) is 83.6 cm³/mol. The summed E-state index contributed by atoms with van der Waals surface area (Å²) in [6.45, 7) is 6.85. The van der Waals surface area contributed by atoms with Gasteiger partial charge < -0.3 is 0 Å². The highest BCUT2D eigenvalue weighted by molar-refractivity contribution is 7.42. The van der Waals surface area contributed by atoms with Crippen LogP contribution in [0, 0.1) is 0 Å². The van der Waals surface area contributed by atoms with Crippen molar-refractivity contribution in [3.05, 3.63) is 46.8 Å². The van der Waals surface area contributed by atoms with Crippen molar-refractivity contribution in [1.29, 1.82) is 0 Å². The fourth-order valence-electron chi connectivity index (χ4n) is 1.98. The van der Waals surface area contributed by atoms with Gasteiger partial charge >= 0.3 is 0 Å². The van der Waals surface area contributed by atoms with Gasteiger partial charge in [-0.3, -0.25) is 0 Å². The summed E-state index contributed by atoms with van der Waals surface area (Å²) in [5.41, 5.74) is 3.15. The first kappa shape index (κ1) is 16.7. The Labute approximate surface area is 114 Å². The standard InChI is InChI=1S/C15H23P.ClH/c1-4-14(5-2)15(6-3)16-12-13-10-8-7-9-11-13;/h7-11,16H,4-6,12H2,1-3H3;1H. The molecule has 2 heteroatoms. The maximum absolute atomic E-state index is 2.29. The molecule has 1 atom stereocenters. The Balaban J connectivity index is 0.00000256. The van der Waals surface area contributed by atoms with E-state index in [0.29, 0.717) is 0 Å². The highest BCUT2D eigenvalue weighted by Gasteiger charge is 2.02.